The number of nitrogens with one attached hydrogen (secondary N) is 3. The second kappa shape index (κ2) is 6.11. The Kier molecular flexibility index (Phi) is 4.03. The molecule has 1 amide bonds. The molecule has 0 saturated carbocycles. The highest BCUT2D eigenvalue weighted by Gasteiger charge is 2.20. The minimum atomic E-state index is -0.0963. The second-order valence-corrected chi connectivity index (χ2v) is 5.76. The normalized spacial score (nSPS) is 18.7. The Bertz CT molecular complexity index is 561. The second-order valence-electron chi connectivity index (χ2n) is 4.61. The minimum absolute atomic E-state index is 0.0338. The average molecular weight is 288 g/mol. The van der Waals surface area contributed by atoms with Crippen molar-refractivity contribution in [3.05, 3.63) is 36.8 Å². The molecule has 1 saturated heterocycles. The highest BCUT2D eigenvalue weighted by molar-refractivity contribution is 7.99. The highest BCUT2D eigenvalue weighted by Crippen LogP contribution is 2.19. The number of aromatic amines is 1. The van der Waals surface area contributed by atoms with E-state index in [1.807, 2.05) is 36.0 Å². The molecule has 6 heteroatoms. The maximum atomic E-state index is 12.1. The van der Waals surface area contributed by atoms with Crippen molar-refractivity contribution in [1.29, 1.82) is 0 Å². The number of carbonyl (C=O) groups excluding carboxylic acids is 1. The summed E-state index contributed by atoms with van der Waals surface area (Å²) in [6.07, 6.45) is 3.42. The number of anilines is 1. The van der Waals surface area contributed by atoms with Crippen LogP contribution in [-0.2, 0) is 4.79 Å². The number of hydrogen-bond acceptors (Lipinski definition) is 4. The third kappa shape index (κ3) is 3.02. The first kappa shape index (κ1) is 13.2. The van der Waals surface area contributed by atoms with Crippen molar-refractivity contribution in [2.24, 2.45) is 0 Å². The number of H-pyrrole nitrogens is 1. The molecule has 1 atom stereocenters. The van der Waals surface area contributed by atoms with Gasteiger partial charge in [-0.15, -0.1) is 0 Å². The van der Waals surface area contributed by atoms with Crippen molar-refractivity contribution in [2.75, 3.05) is 23.4 Å². The monoisotopic (exact) mass is 288 g/mol. The lowest BCUT2D eigenvalue weighted by Gasteiger charge is -2.22. The summed E-state index contributed by atoms with van der Waals surface area (Å²) >= 11 is 1.81. The van der Waals surface area contributed by atoms with Gasteiger partial charge in [-0.1, -0.05) is 12.1 Å². The largest absolute Gasteiger partial charge is 0.345 e. The number of benzene rings is 1. The van der Waals surface area contributed by atoms with Crippen LogP contribution < -0.4 is 10.6 Å². The fourth-order valence-electron chi connectivity index (χ4n) is 2.11. The SMILES string of the molecule is O=C(Nc1ccc(-c2cnc[nH]2)cc1)C1CSCCN1. The lowest BCUT2D eigenvalue weighted by molar-refractivity contribution is -0.117. The van der Waals surface area contributed by atoms with Crippen LogP contribution in [0.2, 0.25) is 0 Å². The van der Waals surface area contributed by atoms with Crippen LogP contribution in [-0.4, -0.2) is 40.0 Å². The number of imidazole rings is 1. The van der Waals surface area contributed by atoms with Gasteiger partial charge in [0.25, 0.3) is 0 Å². The third-order valence-corrected chi connectivity index (χ3v) is 4.26. The lowest BCUT2D eigenvalue weighted by Crippen LogP contribution is -2.46. The maximum Gasteiger partial charge on any atom is 0.242 e. The molecule has 2 aromatic rings. The number of carbonyl (C=O) groups is 1. The van der Waals surface area contributed by atoms with Gasteiger partial charge >= 0.3 is 0 Å². The molecule has 0 spiro atoms. The first-order chi connectivity index (χ1) is 9.83. The van der Waals surface area contributed by atoms with Crippen LogP contribution in [0.4, 0.5) is 5.69 Å². The summed E-state index contributed by atoms with van der Waals surface area (Å²) in [5, 5.41) is 6.17. The molecule has 20 heavy (non-hydrogen) atoms. The van der Waals surface area contributed by atoms with Crippen molar-refractivity contribution >= 4 is 23.4 Å². The minimum Gasteiger partial charge on any atom is -0.345 e. The van der Waals surface area contributed by atoms with Crippen LogP contribution in [0.15, 0.2) is 36.8 Å². The van der Waals surface area contributed by atoms with Gasteiger partial charge in [0.1, 0.15) is 0 Å². The van der Waals surface area contributed by atoms with Gasteiger partial charge in [-0.3, -0.25) is 4.79 Å². The molecule has 1 aliphatic rings. The summed E-state index contributed by atoms with van der Waals surface area (Å²) in [6, 6.07) is 7.65. The van der Waals surface area contributed by atoms with Gasteiger partial charge < -0.3 is 15.6 Å². The summed E-state index contributed by atoms with van der Waals surface area (Å²) in [5.41, 5.74) is 2.83. The van der Waals surface area contributed by atoms with Crippen molar-refractivity contribution in [3.8, 4) is 11.3 Å². The molecule has 1 unspecified atom stereocenters. The van der Waals surface area contributed by atoms with Gasteiger partial charge in [0.2, 0.25) is 5.91 Å². The van der Waals surface area contributed by atoms with E-state index in [9.17, 15) is 4.79 Å². The van der Waals surface area contributed by atoms with Gasteiger partial charge in [0, 0.05) is 23.7 Å². The zero-order valence-corrected chi connectivity index (χ0v) is 11.7. The van der Waals surface area contributed by atoms with E-state index in [4.69, 9.17) is 0 Å². The molecule has 2 heterocycles. The predicted octanol–water partition coefficient (Wildman–Crippen LogP) is 1.72. The average Bonchev–Trinajstić information content (AvgIpc) is 3.03. The smallest absolute Gasteiger partial charge is 0.242 e. The zero-order valence-electron chi connectivity index (χ0n) is 10.9. The summed E-state index contributed by atoms with van der Waals surface area (Å²) in [6.45, 7) is 0.890. The van der Waals surface area contributed by atoms with Crippen molar-refractivity contribution in [3.63, 3.8) is 0 Å². The Hall–Kier alpha value is -1.79. The van der Waals surface area contributed by atoms with E-state index in [1.54, 1.807) is 12.5 Å². The number of nitrogens with zero attached hydrogens (tertiary/aromatic N) is 1. The van der Waals surface area contributed by atoms with E-state index >= 15 is 0 Å². The standard InChI is InChI=1S/C14H16N4OS/c19-14(13-8-20-6-5-16-13)18-11-3-1-10(2-4-11)12-7-15-9-17-12/h1-4,7,9,13,16H,5-6,8H2,(H,15,17)(H,18,19). The Morgan fingerprint density at radius 1 is 1.35 bits per heavy atom. The number of amides is 1. The number of hydrogen-bond donors (Lipinski definition) is 3. The van der Waals surface area contributed by atoms with Crippen LogP contribution in [0.3, 0.4) is 0 Å². The van der Waals surface area contributed by atoms with Crippen LogP contribution in [0.1, 0.15) is 0 Å². The Morgan fingerprint density at radius 3 is 2.85 bits per heavy atom. The maximum absolute atomic E-state index is 12.1. The quantitative estimate of drug-likeness (QED) is 0.804. The van der Waals surface area contributed by atoms with E-state index in [0.717, 1.165) is 35.0 Å². The van der Waals surface area contributed by atoms with Gasteiger partial charge in [-0.05, 0) is 17.7 Å². The highest BCUT2D eigenvalue weighted by atomic mass is 32.2. The van der Waals surface area contributed by atoms with Crippen LogP contribution in [0.5, 0.6) is 0 Å². The molecular formula is C14H16N4OS. The molecule has 0 radical (unpaired) electrons. The van der Waals surface area contributed by atoms with Crippen LogP contribution >= 0.6 is 11.8 Å². The molecule has 104 valence electrons. The number of thioether (sulfide) groups is 1. The molecule has 1 fully saturated rings. The van der Waals surface area contributed by atoms with Gasteiger partial charge in [-0.25, -0.2) is 4.98 Å². The molecular weight excluding hydrogens is 272 g/mol. The first-order valence-electron chi connectivity index (χ1n) is 6.54. The molecule has 3 rings (SSSR count). The molecule has 0 aliphatic carbocycles. The van der Waals surface area contributed by atoms with E-state index in [2.05, 4.69) is 20.6 Å². The summed E-state index contributed by atoms with van der Waals surface area (Å²) < 4.78 is 0. The topological polar surface area (TPSA) is 69.8 Å². The Labute approximate surface area is 121 Å². The number of aromatic nitrogens is 2. The Balaban J connectivity index is 1.64. The van der Waals surface area contributed by atoms with Crippen LogP contribution in [0.25, 0.3) is 11.3 Å². The summed E-state index contributed by atoms with van der Waals surface area (Å²) in [4.78, 5) is 19.1. The molecule has 1 aromatic carbocycles. The summed E-state index contributed by atoms with van der Waals surface area (Å²) in [7, 11) is 0. The van der Waals surface area contributed by atoms with Crippen molar-refractivity contribution in [1.82, 2.24) is 15.3 Å². The number of rotatable bonds is 3. The van der Waals surface area contributed by atoms with E-state index in [0.29, 0.717) is 0 Å². The van der Waals surface area contributed by atoms with Crippen molar-refractivity contribution < 1.29 is 4.79 Å². The fourth-order valence-corrected chi connectivity index (χ4v) is 3.04. The molecule has 0 bridgehead atoms. The Morgan fingerprint density at radius 2 is 2.20 bits per heavy atom. The first-order valence-corrected chi connectivity index (χ1v) is 7.69. The molecule has 1 aliphatic heterocycles. The van der Waals surface area contributed by atoms with Gasteiger partial charge in [0.05, 0.1) is 24.3 Å². The predicted molar refractivity (Wildman–Crippen MR) is 81.8 cm³/mol. The van der Waals surface area contributed by atoms with Gasteiger partial charge in [-0.2, -0.15) is 11.8 Å². The summed E-state index contributed by atoms with van der Waals surface area (Å²) in [5.74, 6) is 1.94. The van der Waals surface area contributed by atoms with E-state index in [-0.39, 0.29) is 11.9 Å². The van der Waals surface area contributed by atoms with Crippen LogP contribution in [0, 0.1) is 0 Å². The molecule has 5 nitrogen and oxygen atoms in total. The molecule has 3 N–H and O–H groups in total. The van der Waals surface area contributed by atoms with E-state index in [1.165, 1.54) is 0 Å². The lowest BCUT2D eigenvalue weighted by atomic mass is 10.1. The van der Waals surface area contributed by atoms with E-state index < -0.39 is 0 Å². The third-order valence-electron chi connectivity index (χ3n) is 3.20. The fraction of sp³-hybridized carbons (Fsp3) is 0.286. The van der Waals surface area contributed by atoms with Gasteiger partial charge in [0.15, 0.2) is 0 Å². The molecule has 1 aromatic heterocycles. The van der Waals surface area contributed by atoms with Crippen molar-refractivity contribution in [2.45, 2.75) is 6.04 Å². The zero-order chi connectivity index (χ0) is 13.8.